The zero-order valence-corrected chi connectivity index (χ0v) is 13.0. The van der Waals surface area contributed by atoms with Crippen molar-refractivity contribution in [1.29, 1.82) is 0 Å². The SMILES string of the molecule is CCOC(=O)CCCn1c(CCl)nc2ccc(OC)cc21. The van der Waals surface area contributed by atoms with Crippen molar-refractivity contribution in [3.8, 4) is 5.75 Å². The monoisotopic (exact) mass is 310 g/mol. The number of methoxy groups -OCH3 is 1. The van der Waals surface area contributed by atoms with E-state index in [-0.39, 0.29) is 5.97 Å². The molecule has 6 heteroatoms. The highest BCUT2D eigenvalue weighted by atomic mass is 35.5. The van der Waals surface area contributed by atoms with Gasteiger partial charge in [-0.1, -0.05) is 0 Å². The van der Waals surface area contributed by atoms with Gasteiger partial charge < -0.3 is 14.0 Å². The topological polar surface area (TPSA) is 53.4 Å². The average Bonchev–Trinajstić information content (AvgIpc) is 2.84. The lowest BCUT2D eigenvalue weighted by Gasteiger charge is -2.08. The molecule has 114 valence electrons. The Hall–Kier alpha value is -1.75. The molecular weight excluding hydrogens is 292 g/mol. The van der Waals surface area contributed by atoms with Gasteiger partial charge in [0.05, 0.1) is 30.6 Å². The summed E-state index contributed by atoms with van der Waals surface area (Å²) in [6, 6.07) is 5.71. The fraction of sp³-hybridized carbons (Fsp3) is 0.467. The van der Waals surface area contributed by atoms with Gasteiger partial charge in [0.25, 0.3) is 0 Å². The molecule has 0 radical (unpaired) electrons. The van der Waals surface area contributed by atoms with E-state index >= 15 is 0 Å². The van der Waals surface area contributed by atoms with Crippen molar-refractivity contribution in [3.63, 3.8) is 0 Å². The Bertz CT molecular complexity index is 625. The minimum Gasteiger partial charge on any atom is -0.497 e. The summed E-state index contributed by atoms with van der Waals surface area (Å²) >= 11 is 5.96. The summed E-state index contributed by atoms with van der Waals surface area (Å²) in [6.07, 6.45) is 1.07. The molecule has 0 saturated heterocycles. The number of carbonyl (C=O) groups is 1. The number of esters is 1. The molecule has 1 aromatic heterocycles. The molecule has 5 nitrogen and oxygen atoms in total. The fourth-order valence-corrected chi connectivity index (χ4v) is 2.45. The predicted molar refractivity (Wildman–Crippen MR) is 81.7 cm³/mol. The summed E-state index contributed by atoms with van der Waals surface area (Å²) in [5.74, 6) is 1.72. The highest BCUT2D eigenvalue weighted by Gasteiger charge is 2.11. The lowest BCUT2D eigenvalue weighted by atomic mass is 10.2. The molecule has 0 saturated carbocycles. The number of nitrogens with zero attached hydrogens (tertiary/aromatic N) is 2. The highest BCUT2D eigenvalue weighted by molar-refractivity contribution is 6.16. The molecule has 0 aliphatic heterocycles. The van der Waals surface area contributed by atoms with Crippen LogP contribution in [-0.2, 0) is 22.0 Å². The van der Waals surface area contributed by atoms with Crippen molar-refractivity contribution in [2.24, 2.45) is 0 Å². The van der Waals surface area contributed by atoms with E-state index in [1.807, 2.05) is 22.8 Å². The minimum absolute atomic E-state index is 0.174. The minimum atomic E-state index is -0.174. The Morgan fingerprint density at radius 1 is 1.43 bits per heavy atom. The zero-order valence-electron chi connectivity index (χ0n) is 12.3. The first-order valence-electron chi connectivity index (χ1n) is 6.94. The molecule has 0 spiro atoms. The quantitative estimate of drug-likeness (QED) is 0.582. The normalized spacial score (nSPS) is 10.8. The van der Waals surface area contributed by atoms with Crippen LogP contribution in [-0.4, -0.2) is 29.2 Å². The summed E-state index contributed by atoms with van der Waals surface area (Å²) in [5.41, 5.74) is 1.84. The second-order valence-corrected chi connectivity index (χ2v) is 4.84. The molecule has 0 unspecified atom stereocenters. The Labute approximate surface area is 128 Å². The number of rotatable bonds is 7. The lowest BCUT2D eigenvalue weighted by Crippen LogP contribution is -2.08. The zero-order chi connectivity index (χ0) is 15.2. The van der Waals surface area contributed by atoms with E-state index < -0.39 is 0 Å². The first kappa shape index (κ1) is 15.6. The second-order valence-electron chi connectivity index (χ2n) is 4.58. The average molecular weight is 311 g/mol. The van der Waals surface area contributed by atoms with Crippen LogP contribution in [0.1, 0.15) is 25.6 Å². The molecule has 1 heterocycles. The van der Waals surface area contributed by atoms with Crippen LogP contribution in [0.3, 0.4) is 0 Å². The maximum absolute atomic E-state index is 11.4. The summed E-state index contributed by atoms with van der Waals surface area (Å²) in [4.78, 5) is 15.9. The number of hydrogen-bond acceptors (Lipinski definition) is 4. The first-order chi connectivity index (χ1) is 10.2. The largest absolute Gasteiger partial charge is 0.497 e. The van der Waals surface area contributed by atoms with E-state index in [0.717, 1.165) is 22.6 Å². The number of alkyl halides is 1. The van der Waals surface area contributed by atoms with Gasteiger partial charge in [0.1, 0.15) is 11.6 Å². The van der Waals surface area contributed by atoms with Crippen molar-refractivity contribution in [3.05, 3.63) is 24.0 Å². The van der Waals surface area contributed by atoms with Gasteiger partial charge in [-0.15, -0.1) is 11.6 Å². The first-order valence-corrected chi connectivity index (χ1v) is 7.47. The van der Waals surface area contributed by atoms with E-state index in [1.54, 1.807) is 14.0 Å². The molecule has 0 aliphatic carbocycles. The molecular formula is C15H19ClN2O3. The van der Waals surface area contributed by atoms with Gasteiger partial charge in [-0.25, -0.2) is 4.98 Å². The van der Waals surface area contributed by atoms with E-state index in [0.29, 0.717) is 31.9 Å². The Morgan fingerprint density at radius 3 is 2.90 bits per heavy atom. The van der Waals surface area contributed by atoms with Crippen LogP contribution in [0.4, 0.5) is 0 Å². The van der Waals surface area contributed by atoms with Crippen LogP contribution >= 0.6 is 11.6 Å². The lowest BCUT2D eigenvalue weighted by molar-refractivity contribution is -0.143. The van der Waals surface area contributed by atoms with Gasteiger partial charge in [-0.2, -0.15) is 0 Å². The summed E-state index contributed by atoms with van der Waals surface area (Å²) in [7, 11) is 1.63. The summed E-state index contributed by atoms with van der Waals surface area (Å²) in [6.45, 7) is 2.89. The number of aromatic nitrogens is 2. The smallest absolute Gasteiger partial charge is 0.305 e. The van der Waals surface area contributed by atoms with Crippen molar-refractivity contribution < 1.29 is 14.3 Å². The maximum Gasteiger partial charge on any atom is 0.305 e. The third kappa shape index (κ3) is 3.67. The van der Waals surface area contributed by atoms with Crippen molar-refractivity contribution in [2.75, 3.05) is 13.7 Å². The molecule has 0 fully saturated rings. The summed E-state index contributed by atoms with van der Waals surface area (Å²) < 4.78 is 12.2. The number of benzene rings is 1. The van der Waals surface area contributed by atoms with Crippen LogP contribution in [0, 0.1) is 0 Å². The Morgan fingerprint density at radius 2 is 2.24 bits per heavy atom. The van der Waals surface area contributed by atoms with Gasteiger partial charge in [0.2, 0.25) is 0 Å². The van der Waals surface area contributed by atoms with Gasteiger partial charge >= 0.3 is 5.97 Å². The molecule has 0 N–H and O–H groups in total. The van der Waals surface area contributed by atoms with Crippen LogP contribution in [0.15, 0.2) is 18.2 Å². The maximum atomic E-state index is 11.4. The molecule has 2 rings (SSSR count). The molecule has 0 bridgehead atoms. The third-order valence-corrected chi connectivity index (χ3v) is 3.46. The molecule has 0 atom stereocenters. The van der Waals surface area contributed by atoms with Crippen LogP contribution in [0.5, 0.6) is 5.75 Å². The van der Waals surface area contributed by atoms with Gasteiger partial charge in [-0.05, 0) is 25.5 Å². The van der Waals surface area contributed by atoms with Crippen LogP contribution < -0.4 is 4.74 Å². The van der Waals surface area contributed by atoms with E-state index in [9.17, 15) is 4.79 Å². The Kier molecular flexibility index (Phi) is 5.44. The molecule has 0 aliphatic rings. The highest BCUT2D eigenvalue weighted by Crippen LogP contribution is 2.23. The molecule has 2 aromatic rings. The molecule has 21 heavy (non-hydrogen) atoms. The second kappa shape index (κ2) is 7.31. The van der Waals surface area contributed by atoms with Gasteiger partial charge in [0.15, 0.2) is 0 Å². The number of imidazole rings is 1. The van der Waals surface area contributed by atoms with Gasteiger partial charge in [-0.3, -0.25) is 4.79 Å². The van der Waals surface area contributed by atoms with E-state index in [4.69, 9.17) is 21.1 Å². The predicted octanol–water partition coefficient (Wildman–Crippen LogP) is 3.13. The number of ether oxygens (including phenoxy) is 2. The van der Waals surface area contributed by atoms with Crippen molar-refractivity contribution >= 4 is 28.6 Å². The van der Waals surface area contributed by atoms with Gasteiger partial charge in [0, 0.05) is 19.0 Å². The number of carbonyl (C=O) groups excluding carboxylic acids is 1. The van der Waals surface area contributed by atoms with Crippen LogP contribution in [0.25, 0.3) is 11.0 Å². The number of fused-ring (bicyclic) bond motifs is 1. The van der Waals surface area contributed by atoms with Crippen LogP contribution in [0.2, 0.25) is 0 Å². The third-order valence-electron chi connectivity index (χ3n) is 3.22. The van der Waals surface area contributed by atoms with E-state index in [1.165, 1.54) is 0 Å². The van der Waals surface area contributed by atoms with E-state index in [2.05, 4.69) is 4.98 Å². The number of halogens is 1. The fourth-order valence-electron chi connectivity index (χ4n) is 2.25. The Balaban J connectivity index is 2.18. The molecule has 1 aromatic carbocycles. The summed E-state index contributed by atoms with van der Waals surface area (Å²) in [5, 5.41) is 0. The standard InChI is InChI=1S/C15H19ClN2O3/c1-3-21-15(19)5-4-8-18-13-9-11(20-2)6-7-12(13)17-14(18)10-16/h6-7,9H,3-5,8,10H2,1-2H3. The number of hydrogen-bond donors (Lipinski definition) is 0. The van der Waals surface area contributed by atoms with Crippen molar-refractivity contribution in [2.45, 2.75) is 32.2 Å². The molecule has 0 amide bonds. The number of aryl methyl sites for hydroxylation is 1. The van der Waals surface area contributed by atoms with Crippen molar-refractivity contribution in [1.82, 2.24) is 9.55 Å².